The van der Waals surface area contributed by atoms with E-state index < -0.39 is 0 Å². The molecule has 19 heavy (non-hydrogen) atoms. The van der Waals surface area contributed by atoms with Crippen LogP contribution in [-0.2, 0) is 13.2 Å². The van der Waals surface area contributed by atoms with Crippen molar-refractivity contribution in [3.63, 3.8) is 0 Å². The van der Waals surface area contributed by atoms with E-state index in [0.717, 1.165) is 12.3 Å². The molecule has 102 valence electrons. The van der Waals surface area contributed by atoms with Crippen LogP contribution in [0.5, 0.6) is 5.75 Å². The summed E-state index contributed by atoms with van der Waals surface area (Å²) in [6.45, 7) is 3.76. The molecule has 2 rings (SSSR count). The quantitative estimate of drug-likeness (QED) is 0.817. The number of hydrogen-bond acceptors (Lipinski definition) is 4. The van der Waals surface area contributed by atoms with Crippen molar-refractivity contribution in [2.75, 3.05) is 6.54 Å². The van der Waals surface area contributed by atoms with Gasteiger partial charge < -0.3 is 15.2 Å². The highest BCUT2D eigenvalue weighted by molar-refractivity contribution is 7.09. The van der Waals surface area contributed by atoms with E-state index in [-0.39, 0.29) is 6.10 Å². The standard InChI is InChI=1S/C15H19NO2S/c1-12(17)9-16-10-13-4-6-14(7-5-13)18-11-15-3-2-8-19-15/h2-8,12,16-17H,9-11H2,1H3. The zero-order valence-electron chi connectivity index (χ0n) is 11.0. The average Bonchev–Trinajstić information content (AvgIpc) is 2.90. The van der Waals surface area contributed by atoms with Crippen LogP contribution in [0.25, 0.3) is 0 Å². The Labute approximate surface area is 117 Å². The van der Waals surface area contributed by atoms with Crippen molar-refractivity contribution in [1.29, 1.82) is 0 Å². The van der Waals surface area contributed by atoms with Gasteiger partial charge in [0.2, 0.25) is 0 Å². The summed E-state index contributed by atoms with van der Waals surface area (Å²) >= 11 is 1.70. The predicted octanol–water partition coefficient (Wildman–Crippen LogP) is 2.80. The maximum absolute atomic E-state index is 9.15. The molecule has 0 aliphatic heterocycles. The molecular weight excluding hydrogens is 258 g/mol. The molecule has 0 spiro atoms. The first-order valence-electron chi connectivity index (χ1n) is 6.37. The van der Waals surface area contributed by atoms with Gasteiger partial charge in [-0.1, -0.05) is 18.2 Å². The second kappa shape index (κ2) is 7.28. The molecule has 0 amide bonds. The number of benzene rings is 1. The highest BCUT2D eigenvalue weighted by Gasteiger charge is 1.99. The lowest BCUT2D eigenvalue weighted by Crippen LogP contribution is -2.23. The number of ether oxygens (including phenoxy) is 1. The Morgan fingerprint density at radius 3 is 2.68 bits per heavy atom. The summed E-state index contributed by atoms with van der Waals surface area (Å²) in [6.07, 6.45) is -0.312. The second-order valence-corrected chi connectivity index (χ2v) is 5.52. The molecular formula is C15H19NO2S. The van der Waals surface area contributed by atoms with E-state index in [0.29, 0.717) is 13.2 Å². The van der Waals surface area contributed by atoms with Crippen molar-refractivity contribution in [2.45, 2.75) is 26.2 Å². The van der Waals surface area contributed by atoms with Crippen LogP contribution in [0, 0.1) is 0 Å². The second-order valence-electron chi connectivity index (χ2n) is 4.49. The van der Waals surface area contributed by atoms with E-state index in [1.165, 1.54) is 10.4 Å². The Balaban J connectivity index is 1.77. The smallest absolute Gasteiger partial charge is 0.122 e. The van der Waals surface area contributed by atoms with Gasteiger partial charge in [-0.05, 0) is 36.1 Å². The van der Waals surface area contributed by atoms with Gasteiger partial charge in [-0.15, -0.1) is 11.3 Å². The summed E-state index contributed by atoms with van der Waals surface area (Å²) < 4.78 is 5.70. The van der Waals surface area contributed by atoms with Gasteiger partial charge in [0.25, 0.3) is 0 Å². The van der Waals surface area contributed by atoms with Gasteiger partial charge in [0.05, 0.1) is 6.10 Å². The molecule has 1 heterocycles. The zero-order valence-corrected chi connectivity index (χ0v) is 11.8. The van der Waals surface area contributed by atoms with E-state index in [1.54, 1.807) is 18.3 Å². The summed E-state index contributed by atoms with van der Waals surface area (Å²) in [5.74, 6) is 0.882. The van der Waals surface area contributed by atoms with Crippen molar-refractivity contribution in [3.05, 3.63) is 52.2 Å². The Morgan fingerprint density at radius 1 is 1.26 bits per heavy atom. The van der Waals surface area contributed by atoms with Crippen LogP contribution < -0.4 is 10.1 Å². The molecule has 2 N–H and O–H groups in total. The number of hydrogen-bond donors (Lipinski definition) is 2. The number of aliphatic hydroxyl groups excluding tert-OH is 1. The molecule has 0 radical (unpaired) electrons. The van der Waals surface area contributed by atoms with Gasteiger partial charge in [-0.25, -0.2) is 0 Å². The fourth-order valence-corrected chi connectivity index (χ4v) is 2.29. The summed E-state index contributed by atoms with van der Waals surface area (Å²) in [4.78, 5) is 1.22. The van der Waals surface area contributed by atoms with Crippen LogP contribution in [0.2, 0.25) is 0 Å². The third-order valence-electron chi connectivity index (χ3n) is 2.65. The molecule has 4 heteroatoms. The van der Waals surface area contributed by atoms with Gasteiger partial charge >= 0.3 is 0 Å². The van der Waals surface area contributed by atoms with Gasteiger partial charge in [0.1, 0.15) is 12.4 Å². The van der Waals surface area contributed by atoms with Gasteiger partial charge in [-0.2, -0.15) is 0 Å². The molecule has 2 aromatic rings. The van der Waals surface area contributed by atoms with Crippen molar-refractivity contribution < 1.29 is 9.84 Å². The van der Waals surface area contributed by atoms with Crippen LogP contribution in [0.15, 0.2) is 41.8 Å². The minimum absolute atomic E-state index is 0.312. The molecule has 1 aromatic carbocycles. The lowest BCUT2D eigenvalue weighted by Gasteiger charge is -2.08. The van der Waals surface area contributed by atoms with Crippen molar-refractivity contribution >= 4 is 11.3 Å². The van der Waals surface area contributed by atoms with Gasteiger partial charge in [-0.3, -0.25) is 0 Å². The van der Waals surface area contributed by atoms with E-state index in [4.69, 9.17) is 9.84 Å². The highest BCUT2D eigenvalue weighted by Crippen LogP contribution is 2.16. The van der Waals surface area contributed by atoms with Crippen molar-refractivity contribution in [3.8, 4) is 5.75 Å². The van der Waals surface area contributed by atoms with Crippen LogP contribution in [0.3, 0.4) is 0 Å². The predicted molar refractivity (Wildman–Crippen MR) is 78.5 cm³/mol. The highest BCUT2D eigenvalue weighted by atomic mass is 32.1. The van der Waals surface area contributed by atoms with E-state index >= 15 is 0 Å². The summed E-state index contributed by atoms with van der Waals surface area (Å²) in [5.41, 5.74) is 1.18. The van der Waals surface area contributed by atoms with Crippen LogP contribution in [-0.4, -0.2) is 17.8 Å². The minimum Gasteiger partial charge on any atom is -0.488 e. The van der Waals surface area contributed by atoms with Crippen molar-refractivity contribution in [1.82, 2.24) is 5.32 Å². The molecule has 0 saturated heterocycles. The Hall–Kier alpha value is -1.36. The SMILES string of the molecule is CC(O)CNCc1ccc(OCc2cccs2)cc1. The molecule has 0 bridgehead atoms. The molecule has 0 aliphatic carbocycles. The first-order valence-corrected chi connectivity index (χ1v) is 7.25. The molecule has 0 aliphatic rings. The number of rotatable bonds is 7. The molecule has 1 unspecified atom stereocenters. The summed E-state index contributed by atoms with van der Waals surface area (Å²) in [5, 5.41) is 14.4. The normalized spacial score (nSPS) is 12.3. The van der Waals surface area contributed by atoms with E-state index in [2.05, 4.69) is 16.8 Å². The van der Waals surface area contributed by atoms with Crippen LogP contribution in [0.1, 0.15) is 17.4 Å². The maximum atomic E-state index is 9.15. The lowest BCUT2D eigenvalue weighted by atomic mass is 10.2. The topological polar surface area (TPSA) is 41.5 Å². The first-order chi connectivity index (χ1) is 9.24. The Morgan fingerprint density at radius 2 is 2.05 bits per heavy atom. The van der Waals surface area contributed by atoms with Crippen LogP contribution >= 0.6 is 11.3 Å². The van der Waals surface area contributed by atoms with Gasteiger partial charge in [0.15, 0.2) is 0 Å². The van der Waals surface area contributed by atoms with Crippen LogP contribution in [0.4, 0.5) is 0 Å². The largest absolute Gasteiger partial charge is 0.488 e. The number of nitrogens with one attached hydrogen (secondary N) is 1. The third kappa shape index (κ3) is 5.03. The molecule has 1 atom stereocenters. The molecule has 0 saturated carbocycles. The summed E-state index contributed by atoms with van der Waals surface area (Å²) in [7, 11) is 0. The monoisotopic (exact) mass is 277 g/mol. The fourth-order valence-electron chi connectivity index (χ4n) is 1.68. The Bertz CT molecular complexity index is 465. The number of thiophene rings is 1. The summed E-state index contributed by atoms with van der Waals surface area (Å²) in [6, 6.07) is 12.1. The van der Waals surface area contributed by atoms with E-state index in [9.17, 15) is 0 Å². The third-order valence-corrected chi connectivity index (χ3v) is 3.50. The minimum atomic E-state index is -0.312. The number of aliphatic hydroxyl groups is 1. The maximum Gasteiger partial charge on any atom is 0.122 e. The lowest BCUT2D eigenvalue weighted by molar-refractivity contribution is 0.191. The van der Waals surface area contributed by atoms with Crippen molar-refractivity contribution in [2.24, 2.45) is 0 Å². The first kappa shape index (κ1) is 14.1. The average molecular weight is 277 g/mol. The molecule has 3 nitrogen and oxygen atoms in total. The van der Waals surface area contributed by atoms with Gasteiger partial charge in [0, 0.05) is 18.0 Å². The Kier molecular flexibility index (Phi) is 5.39. The fraction of sp³-hybridized carbons (Fsp3) is 0.333. The zero-order chi connectivity index (χ0) is 13.5. The molecule has 0 fully saturated rings. The molecule has 1 aromatic heterocycles. The van der Waals surface area contributed by atoms with E-state index in [1.807, 2.05) is 30.3 Å².